The number of methoxy groups -OCH3 is 1. The fourth-order valence-electron chi connectivity index (χ4n) is 3.57. The lowest BCUT2D eigenvalue weighted by Crippen LogP contribution is -2.49. The summed E-state index contributed by atoms with van der Waals surface area (Å²) in [5.74, 6) is 1.04. The van der Waals surface area contributed by atoms with Crippen LogP contribution in [0.4, 0.5) is 0 Å². The van der Waals surface area contributed by atoms with Crippen molar-refractivity contribution >= 4 is 17.5 Å². The smallest absolute Gasteiger partial charge is 0.253 e. The summed E-state index contributed by atoms with van der Waals surface area (Å²) in [7, 11) is 1.71. The van der Waals surface area contributed by atoms with Crippen LogP contribution < -0.4 is 4.74 Å². The first-order valence-corrected chi connectivity index (χ1v) is 9.77. The van der Waals surface area contributed by atoms with Gasteiger partial charge in [-0.05, 0) is 67.3 Å². The predicted octanol–water partition coefficient (Wildman–Crippen LogP) is 3.97. The molecule has 2 aromatic carbocycles. The number of piperazine rings is 1. The highest BCUT2D eigenvalue weighted by molar-refractivity contribution is 6.30. The van der Waals surface area contributed by atoms with Crippen molar-refractivity contribution in [3.63, 3.8) is 0 Å². The third kappa shape index (κ3) is 4.63. The Hall–Kier alpha value is -2.04. The van der Waals surface area contributed by atoms with Crippen LogP contribution in [0.25, 0.3) is 0 Å². The van der Waals surface area contributed by atoms with E-state index >= 15 is 0 Å². The summed E-state index contributed by atoms with van der Waals surface area (Å²) in [6, 6.07) is 11.4. The van der Waals surface area contributed by atoms with Gasteiger partial charge in [-0.2, -0.15) is 0 Å². The average Bonchev–Trinajstić information content (AvgIpc) is 2.69. The maximum absolute atomic E-state index is 12.6. The molecule has 0 spiro atoms. The van der Waals surface area contributed by atoms with Crippen molar-refractivity contribution in [1.29, 1.82) is 0 Å². The number of ether oxygens (including phenoxy) is 1. The normalized spacial score (nSPS) is 15.0. The SMILES string of the molecule is COc1ccc(CCN2CCN(C(=O)c3ccc(Cl)cc3)CC2)c(C)c1C. The molecule has 1 saturated heterocycles. The molecule has 0 aliphatic carbocycles. The molecular weight excluding hydrogens is 360 g/mol. The molecule has 0 N–H and O–H groups in total. The number of hydrogen-bond acceptors (Lipinski definition) is 3. The summed E-state index contributed by atoms with van der Waals surface area (Å²) in [6.07, 6.45) is 1.02. The molecule has 1 aliphatic rings. The Bertz CT molecular complexity index is 797. The van der Waals surface area contributed by atoms with Gasteiger partial charge in [0.25, 0.3) is 5.91 Å². The molecule has 0 bridgehead atoms. The highest BCUT2D eigenvalue weighted by atomic mass is 35.5. The first-order valence-electron chi connectivity index (χ1n) is 9.40. The van der Waals surface area contributed by atoms with Crippen LogP contribution in [-0.4, -0.2) is 55.5 Å². The van der Waals surface area contributed by atoms with E-state index in [1.54, 1.807) is 31.4 Å². The summed E-state index contributed by atoms with van der Waals surface area (Å²) in [6.45, 7) is 8.63. The molecule has 0 aromatic heterocycles. The first kappa shape index (κ1) is 19.7. The summed E-state index contributed by atoms with van der Waals surface area (Å²) >= 11 is 5.91. The fourth-order valence-corrected chi connectivity index (χ4v) is 3.70. The van der Waals surface area contributed by atoms with E-state index in [4.69, 9.17) is 16.3 Å². The number of hydrogen-bond donors (Lipinski definition) is 0. The largest absolute Gasteiger partial charge is 0.496 e. The zero-order chi connectivity index (χ0) is 19.4. The van der Waals surface area contributed by atoms with Gasteiger partial charge in [-0.25, -0.2) is 0 Å². The molecule has 0 radical (unpaired) electrons. The minimum Gasteiger partial charge on any atom is -0.496 e. The van der Waals surface area contributed by atoms with E-state index in [1.165, 1.54) is 16.7 Å². The van der Waals surface area contributed by atoms with Gasteiger partial charge in [0.15, 0.2) is 0 Å². The number of nitrogens with zero attached hydrogens (tertiary/aromatic N) is 2. The van der Waals surface area contributed by atoms with Gasteiger partial charge in [0.1, 0.15) is 5.75 Å². The molecule has 0 atom stereocenters. The molecule has 0 saturated carbocycles. The minimum absolute atomic E-state index is 0.0907. The van der Waals surface area contributed by atoms with E-state index in [0.717, 1.165) is 44.9 Å². The van der Waals surface area contributed by atoms with Gasteiger partial charge in [-0.1, -0.05) is 17.7 Å². The maximum atomic E-state index is 12.6. The van der Waals surface area contributed by atoms with Crippen molar-refractivity contribution in [2.24, 2.45) is 0 Å². The molecule has 5 heteroatoms. The van der Waals surface area contributed by atoms with E-state index in [0.29, 0.717) is 10.6 Å². The van der Waals surface area contributed by atoms with Gasteiger partial charge < -0.3 is 9.64 Å². The number of halogens is 1. The van der Waals surface area contributed by atoms with E-state index in [1.807, 2.05) is 4.90 Å². The molecule has 1 amide bonds. The van der Waals surface area contributed by atoms with Crippen molar-refractivity contribution in [1.82, 2.24) is 9.80 Å². The maximum Gasteiger partial charge on any atom is 0.253 e. The molecule has 2 aromatic rings. The molecule has 1 aliphatic heterocycles. The van der Waals surface area contributed by atoms with Crippen LogP contribution in [-0.2, 0) is 6.42 Å². The second kappa shape index (κ2) is 8.77. The van der Waals surface area contributed by atoms with E-state index in [9.17, 15) is 4.79 Å². The highest BCUT2D eigenvalue weighted by Gasteiger charge is 2.22. The standard InChI is InChI=1S/C22H27ClN2O2/c1-16-17(2)21(27-3)9-6-18(16)10-11-24-12-14-25(15-13-24)22(26)19-4-7-20(23)8-5-19/h4-9H,10-15H2,1-3H3. The van der Waals surface area contributed by atoms with Crippen molar-refractivity contribution in [2.75, 3.05) is 39.8 Å². The van der Waals surface area contributed by atoms with Gasteiger partial charge >= 0.3 is 0 Å². The van der Waals surface area contributed by atoms with E-state index < -0.39 is 0 Å². The third-order valence-electron chi connectivity index (χ3n) is 5.52. The zero-order valence-corrected chi connectivity index (χ0v) is 17.1. The van der Waals surface area contributed by atoms with E-state index in [-0.39, 0.29) is 5.91 Å². The quantitative estimate of drug-likeness (QED) is 0.779. The second-order valence-electron chi connectivity index (χ2n) is 7.07. The first-order chi connectivity index (χ1) is 13.0. The lowest BCUT2D eigenvalue weighted by Gasteiger charge is -2.35. The predicted molar refractivity (Wildman–Crippen MR) is 110 cm³/mol. The number of rotatable bonds is 5. The summed E-state index contributed by atoms with van der Waals surface area (Å²) in [4.78, 5) is 17.0. The summed E-state index contributed by atoms with van der Waals surface area (Å²) in [5, 5.41) is 0.653. The van der Waals surface area contributed by atoms with Crippen LogP contribution in [0, 0.1) is 13.8 Å². The second-order valence-corrected chi connectivity index (χ2v) is 7.50. The van der Waals surface area contributed by atoms with Crippen molar-refractivity contribution < 1.29 is 9.53 Å². The highest BCUT2D eigenvalue weighted by Crippen LogP contribution is 2.24. The Balaban J connectivity index is 1.52. The summed E-state index contributed by atoms with van der Waals surface area (Å²) < 4.78 is 5.40. The lowest BCUT2D eigenvalue weighted by molar-refractivity contribution is 0.0638. The molecule has 3 rings (SSSR count). The van der Waals surface area contributed by atoms with Crippen LogP contribution in [0.15, 0.2) is 36.4 Å². The van der Waals surface area contributed by atoms with E-state index in [2.05, 4.69) is 30.9 Å². The van der Waals surface area contributed by atoms with Gasteiger partial charge in [0.2, 0.25) is 0 Å². The zero-order valence-electron chi connectivity index (χ0n) is 16.3. The summed E-state index contributed by atoms with van der Waals surface area (Å²) in [5.41, 5.74) is 4.60. The van der Waals surface area contributed by atoms with Crippen LogP contribution in [0.1, 0.15) is 27.0 Å². The Morgan fingerprint density at radius 2 is 1.67 bits per heavy atom. The topological polar surface area (TPSA) is 32.8 Å². The monoisotopic (exact) mass is 386 g/mol. The molecule has 4 nitrogen and oxygen atoms in total. The van der Waals surface area contributed by atoms with Gasteiger partial charge in [0, 0.05) is 43.3 Å². The van der Waals surface area contributed by atoms with Gasteiger partial charge in [0.05, 0.1) is 7.11 Å². The lowest BCUT2D eigenvalue weighted by atomic mass is 9.99. The Morgan fingerprint density at radius 1 is 1.00 bits per heavy atom. The van der Waals surface area contributed by atoms with Crippen molar-refractivity contribution in [3.05, 3.63) is 63.7 Å². The molecule has 1 heterocycles. The Morgan fingerprint density at radius 3 is 2.30 bits per heavy atom. The Kier molecular flexibility index (Phi) is 6.40. The number of carbonyl (C=O) groups excluding carboxylic acids is 1. The van der Waals surface area contributed by atoms with Crippen molar-refractivity contribution in [3.8, 4) is 5.75 Å². The molecule has 0 unspecified atom stereocenters. The van der Waals surface area contributed by atoms with Crippen LogP contribution in [0.5, 0.6) is 5.75 Å². The van der Waals surface area contributed by atoms with Crippen LogP contribution >= 0.6 is 11.6 Å². The minimum atomic E-state index is 0.0907. The molecule has 144 valence electrons. The Labute approximate surface area is 166 Å². The van der Waals surface area contributed by atoms with Crippen LogP contribution in [0.2, 0.25) is 5.02 Å². The molecule has 1 fully saturated rings. The molecular formula is C22H27ClN2O2. The number of carbonyl (C=O) groups is 1. The molecule has 27 heavy (non-hydrogen) atoms. The fraction of sp³-hybridized carbons (Fsp3) is 0.409. The number of benzene rings is 2. The van der Waals surface area contributed by atoms with Crippen molar-refractivity contribution in [2.45, 2.75) is 20.3 Å². The number of amides is 1. The van der Waals surface area contributed by atoms with Gasteiger partial charge in [-0.3, -0.25) is 9.69 Å². The third-order valence-corrected chi connectivity index (χ3v) is 5.77. The van der Waals surface area contributed by atoms with Gasteiger partial charge in [-0.15, -0.1) is 0 Å². The van der Waals surface area contributed by atoms with Crippen LogP contribution in [0.3, 0.4) is 0 Å². The average molecular weight is 387 g/mol.